The van der Waals surface area contributed by atoms with Crippen molar-refractivity contribution in [3.63, 3.8) is 0 Å². The van der Waals surface area contributed by atoms with E-state index in [1.807, 2.05) is 66.0 Å². The van der Waals surface area contributed by atoms with Crippen LogP contribution in [-0.4, -0.2) is 54.7 Å². The van der Waals surface area contributed by atoms with Crippen LogP contribution in [0.4, 0.5) is 0 Å². The number of carbonyl (C=O) groups excluding carboxylic acids is 1. The predicted molar refractivity (Wildman–Crippen MR) is 191 cm³/mol. The monoisotopic (exact) mass is 790 g/mol. The number of nitrogens with zero attached hydrogens (tertiary/aromatic N) is 5. The van der Waals surface area contributed by atoms with Gasteiger partial charge in [0.25, 0.3) is 15.7 Å². The second-order valence-corrected chi connectivity index (χ2v) is 14.3. The summed E-state index contributed by atoms with van der Waals surface area (Å²) in [4.78, 5) is 27.2. The average molecular weight is 791 g/mol. The number of alkyl halides is 1. The largest absolute Gasteiger partial charge is 0.494 e. The third-order valence-corrected chi connectivity index (χ3v) is 10.2. The van der Waals surface area contributed by atoms with Crippen molar-refractivity contribution in [1.29, 1.82) is 5.26 Å². The molecule has 1 aliphatic heterocycles. The van der Waals surface area contributed by atoms with E-state index in [-0.39, 0.29) is 39.5 Å². The fourth-order valence-electron chi connectivity index (χ4n) is 5.78. The zero-order valence-electron chi connectivity index (χ0n) is 26.6. The lowest BCUT2D eigenvalue weighted by molar-refractivity contribution is -0.599. The van der Waals surface area contributed by atoms with E-state index < -0.39 is 26.8 Å². The molecule has 14 heteroatoms. The van der Waals surface area contributed by atoms with Crippen LogP contribution in [0, 0.1) is 16.1 Å². The quantitative estimate of drug-likeness (QED) is 0.0511. The molecular weight excluding hydrogens is 753 g/mol. The fraction of sp³-hybridized carbons (Fsp3) is 0.364. The van der Waals surface area contributed by atoms with Crippen molar-refractivity contribution >= 4 is 62.5 Å². The number of rotatable bonds is 12. The van der Waals surface area contributed by atoms with Crippen molar-refractivity contribution in [3.8, 4) is 17.6 Å². The summed E-state index contributed by atoms with van der Waals surface area (Å²) in [6.45, 7) is 9.04. The summed E-state index contributed by atoms with van der Waals surface area (Å²) >= 11 is 7.34. The van der Waals surface area contributed by atoms with Crippen molar-refractivity contribution in [1.82, 2.24) is 14.0 Å². The maximum atomic E-state index is 13.0. The summed E-state index contributed by atoms with van der Waals surface area (Å²) in [6.07, 6.45) is 6.70. The summed E-state index contributed by atoms with van der Waals surface area (Å²) in [5, 5.41) is 20.8. The summed E-state index contributed by atoms with van der Waals surface area (Å²) in [5.74, 6) is -0.760. The number of allylic oxidation sites excluding steroid dienone is 3. The normalized spacial score (nSPS) is 13.8. The highest BCUT2D eigenvalue weighted by atomic mass is 127. The third-order valence-electron chi connectivity index (χ3n) is 8.28. The highest BCUT2D eigenvalue weighted by molar-refractivity contribution is 14.1. The molecule has 0 aliphatic carbocycles. The third kappa shape index (κ3) is 7.58. The van der Waals surface area contributed by atoms with Crippen molar-refractivity contribution in [3.05, 3.63) is 91.8 Å². The summed E-state index contributed by atoms with van der Waals surface area (Å²) in [7, 11) is -4.12. The molecule has 0 unspecified atom stereocenters. The van der Waals surface area contributed by atoms with Gasteiger partial charge in [-0.1, -0.05) is 34.7 Å². The number of aromatic hydroxyl groups is 1. The van der Waals surface area contributed by atoms with Crippen LogP contribution < -0.4 is 10.1 Å². The van der Waals surface area contributed by atoms with E-state index >= 15 is 0 Å². The second kappa shape index (κ2) is 14.6. The molecule has 2 aromatic heterocycles. The maximum absolute atomic E-state index is 13.0. The molecule has 1 amide bonds. The Morgan fingerprint density at radius 2 is 1.89 bits per heavy atom. The number of carbonyl (C=O) groups is 1. The van der Waals surface area contributed by atoms with Crippen LogP contribution in [0.5, 0.6) is 5.88 Å². The highest BCUT2D eigenvalue weighted by Gasteiger charge is 2.44. The van der Waals surface area contributed by atoms with Gasteiger partial charge in [-0.25, -0.2) is 0 Å². The molecule has 4 rings (SSSR count). The first-order chi connectivity index (χ1) is 22.2. The van der Waals surface area contributed by atoms with Crippen molar-refractivity contribution < 1.29 is 27.4 Å². The Kier molecular flexibility index (Phi) is 11.3. The first-order valence-electron chi connectivity index (χ1n) is 15.0. The van der Waals surface area contributed by atoms with Crippen molar-refractivity contribution in [2.75, 3.05) is 16.7 Å². The van der Waals surface area contributed by atoms with Gasteiger partial charge in [-0.2, -0.15) is 18.2 Å². The highest BCUT2D eigenvalue weighted by Crippen LogP contribution is 2.39. The first-order valence-corrected chi connectivity index (χ1v) is 18.6. The van der Waals surface area contributed by atoms with E-state index in [2.05, 4.69) is 24.5 Å². The van der Waals surface area contributed by atoms with Crippen molar-refractivity contribution in [2.45, 2.75) is 59.2 Å². The number of halogens is 1. The van der Waals surface area contributed by atoms with Crippen LogP contribution >= 0.6 is 34.8 Å². The number of benzene rings is 1. The molecule has 3 aromatic rings. The van der Waals surface area contributed by atoms with Crippen LogP contribution in [0.1, 0.15) is 62.1 Å². The van der Waals surface area contributed by atoms with Crippen LogP contribution in [0.25, 0.3) is 17.3 Å². The molecule has 0 fully saturated rings. The Bertz CT molecular complexity index is 2060. The molecule has 0 saturated carbocycles. The molecule has 3 heterocycles. The van der Waals surface area contributed by atoms with Gasteiger partial charge < -0.3 is 10.0 Å². The molecule has 0 saturated heterocycles. The molecule has 2 N–H and O–H groups in total. The maximum Gasteiger partial charge on any atom is 0.265 e. The fourth-order valence-corrected chi connectivity index (χ4v) is 7.19. The van der Waals surface area contributed by atoms with Gasteiger partial charge in [-0.15, -0.1) is 0 Å². The lowest BCUT2D eigenvalue weighted by Crippen LogP contribution is -2.34. The number of pyridine rings is 1. The molecule has 0 atom stereocenters. The van der Waals surface area contributed by atoms with Gasteiger partial charge in [0.1, 0.15) is 5.56 Å². The predicted octanol–water partition coefficient (Wildman–Crippen LogP) is 4.70. The SMILES string of the molecule is CCn1c(O)c(/C=C/C=C(\C#N)c2cc[n+]3c(c2)C(C)(C)c2cc(CN(CCCS(=O)(=O)O)C(=O)CI)ccc2-3)c(=O)n(CC)c1=S. The van der Waals surface area contributed by atoms with Crippen molar-refractivity contribution in [2.24, 2.45) is 0 Å². The minimum Gasteiger partial charge on any atom is -0.494 e. The van der Waals surface area contributed by atoms with Gasteiger partial charge in [-0.3, -0.25) is 23.3 Å². The molecule has 47 heavy (non-hydrogen) atoms. The molecule has 0 radical (unpaired) electrons. The van der Waals surface area contributed by atoms with Gasteiger partial charge >= 0.3 is 0 Å². The number of aromatic nitrogens is 3. The Balaban J connectivity index is 1.64. The van der Waals surface area contributed by atoms with Crippen LogP contribution in [0.2, 0.25) is 0 Å². The van der Waals surface area contributed by atoms with Gasteiger partial charge in [0.15, 0.2) is 16.7 Å². The molecular formula is C33H37IN5O6S2+. The average Bonchev–Trinajstić information content (AvgIpc) is 3.25. The number of nitriles is 1. The minimum absolute atomic E-state index is 0.0879. The van der Waals surface area contributed by atoms with E-state index in [4.69, 9.17) is 16.8 Å². The van der Waals surface area contributed by atoms with Crippen LogP contribution in [-0.2, 0) is 40.0 Å². The lowest BCUT2D eigenvalue weighted by Gasteiger charge is -2.22. The van der Waals surface area contributed by atoms with Crippen LogP contribution in [0.3, 0.4) is 0 Å². The smallest absolute Gasteiger partial charge is 0.265 e. The summed E-state index contributed by atoms with van der Waals surface area (Å²) < 4.78 is 36.9. The number of hydrogen-bond donors (Lipinski definition) is 2. The first kappa shape index (κ1) is 36.2. The van der Waals surface area contributed by atoms with E-state index in [1.54, 1.807) is 24.0 Å². The molecule has 1 aliphatic rings. The molecule has 11 nitrogen and oxygen atoms in total. The topological polar surface area (TPSA) is 150 Å². The van der Waals surface area contributed by atoms with Crippen LogP contribution in [0.15, 0.2) is 53.5 Å². The van der Waals surface area contributed by atoms with Gasteiger partial charge in [0.05, 0.1) is 27.2 Å². The summed E-state index contributed by atoms with van der Waals surface area (Å²) in [5.41, 5.74) is 4.11. The number of hydrogen-bond acceptors (Lipinski definition) is 7. The zero-order valence-corrected chi connectivity index (χ0v) is 30.4. The van der Waals surface area contributed by atoms with E-state index in [1.165, 1.54) is 15.2 Å². The number of amides is 1. The van der Waals surface area contributed by atoms with E-state index in [0.29, 0.717) is 30.8 Å². The Morgan fingerprint density at radius 3 is 2.51 bits per heavy atom. The zero-order chi connectivity index (χ0) is 34.7. The lowest BCUT2D eigenvalue weighted by atomic mass is 9.82. The standard InChI is InChI=1S/C33H36IN5O6S2/c1-5-37-30(41)25(31(42)38(6-2)32(37)46)10-7-9-24(20-35)23-13-15-39-27-12-11-22(17-26(27)33(3,4)28(39)18-23)21-36(29(40)19-34)14-8-16-47(43,44)45/h7,9-13,15,17-18H,5-6,8,14,16,19,21H2,1-4H3,(H,43,44,45)/p+1. The van der Waals surface area contributed by atoms with Gasteiger partial charge in [0, 0.05) is 55.5 Å². The number of fused-ring (bicyclic) bond motifs is 3. The van der Waals surface area contributed by atoms with E-state index in [0.717, 1.165) is 22.5 Å². The minimum atomic E-state index is -4.12. The van der Waals surface area contributed by atoms with Gasteiger partial charge in [0.2, 0.25) is 17.5 Å². The summed E-state index contributed by atoms with van der Waals surface area (Å²) in [6, 6.07) is 12.0. The molecule has 0 spiro atoms. The van der Waals surface area contributed by atoms with Gasteiger partial charge in [-0.05, 0) is 70.1 Å². The van der Waals surface area contributed by atoms with E-state index in [9.17, 15) is 28.4 Å². The molecule has 0 bridgehead atoms. The molecule has 248 valence electrons. The Labute approximate surface area is 293 Å². The second-order valence-electron chi connectivity index (χ2n) is 11.6. The Hall–Kier alpha value is -3.65. The Morgan fingerprint density at radius 1 is 1.19 bits per heavy atom. The molecule has 1 aromatic carbocycles.